The van der Waals surface area contributed by atoms with Crippen molar-refractivity contribution in [2.45, 2.75) is 30.8 Å². The summed E-state index contributed by atoms with van der Waals surface area (Å²) in [6.07, 6.45) is 0.776. The molecule has 7 heteroatoms. The lowest BCUT2D eigenvalue weighted by Crippen LogP contribution is -2.48. The molecule has 25 heavy (non-hydrogen) atoms. The predicted molar refractivity (Wildman–Crippen MR) is 96.8 cm³/mol. The monoisotopic (exact) mass is 378 g/mol. The fraction of sp³-hybridized carbons (Fsp3) is 0.278. The zero-order valence-corrected chi connectivity index (χ0v) is 15.3. The van der Waals surface area contributed by atoms with Crippen LogP contribution in [0.2, 0.25) is 5.02 Å². The smallest absolute Gasteiger partial charge is 0.241 e. The zero-order valence-electron chi connectivity index (χ0n) is 13.8. The number of carbonyl (C=O) groups excluding carboxylic acids is 1. The molecule has 3 rings (SSSR count). The minimum absolute atomic E-state index is 0.0838. The Labute approximate surface area is 152 Å². The molecule has 2 aromatic rings. The molecular formula is C18H19ClN2O3S. The standard InChI is InChI=1S/C18H19ClN2O3S/c1-13(20-25(23,24)17-8-6-16(19)7-9-17)18(22)21-11-10-14-4-2-3-5-15(14)12-21/h2-9,13,20H,10-12H2,1H3/t13-/m0/s1. The fourth-order valence-corrected chi connectivity index (χ4v) is 4.25. The van der Waals surface area contributed by atoms with Gasteiger partial charge in [0, 0.05) is 18.1 Å². The Bertz CT molecular complexity index is 881. The van der Waals surface area contributed by atoms with Crippen molar-refractivity contribution in [3.05, 3.63) is 64.7 Å². The molecule has 132 valence electrons. The van der Waals surface area contributed by atoms with Crippen LogP contribution in [-0.2, 0) is 27.8 Å². The molecule has 1 heterocycles. The van der Waals surface area contributed by atoms with Crippen molar-refractivity contribution in [1.29, 1.82) is 0 Å². The van der Waals surface area contributed by atoms with Gasteiger partial charge in [-0.25, -0.2) is 8.42 Å². The number of hydrogen-bond acceptors (Lipinski definition) is 3. The van der Waals surface area contributed by atoms with Crippen LogP contribution in [-0.4, -0.2) is 31.8 Å². The maximum absolute atomic E-state index is 12.6. The molecule has 5 nitrogen and oxygen atoms in total. The number of amides is 1. The van der Waals surface area contributed by atoms with E-state index in [1.165, 1.54) is 29.8 Å². The van der Waals surface area contributed by atoms with Crippen molar-refractivity contribution in [1.82, 2.24) is 9.62 Å². The van der Waals surface area contributed by atoms with E-state index in [4.69, 9.17) is 11.6 Å². The number of benzene rings is 2. The number of sulfonamides is 1. The van der Waals surface area contributed by atoms with Crippen molar-refractivity contribution in [2.24, 2.45) is 0 Å². The highest BCUT2D eigenvalue weighted by Crippen LogP contribution is 2.20. The van der Waals surface area contributed by atoms with Gasteiger partial charge in [0.15, 0.2) is 0 Å². The fourth-order valence-electron chi connectivity index (χ4n) is 2.92. The Kier molecular flexibility index (Phi) is 5.13. The minimum Gasteiger partial charge on any atom is -0.337 e. The van der Waals surface area contributed by atoms with E-state index in [0.717, 1.165) is 12.0 Å². The van der Waals surface area contributed by atoms with Crippen LogP contribution in [0.4, 0.5) is 0 Å². The molecular weight excluding hydrogens is 360 g/mol. The molecule has 0 fully saturated rings. The first kappa shape index (κ1) is 17.9. The molecule has 1 amide bonds. The second-order valence-electron chi connectivity index (χ2n) is 6.08. The van der Waals surface area contributed by atoms with E-state index >= 15 is 0 Å². The molecule has 1 aliphatic heterocycles. The maximum Gasteiger partial charge on any atom is 0.241 e. The molecule has 1 N–H and O–H groups in total. The lowest BCUT2D eigenvalue weighted by Gasteiger charge is -2.31. The lowest BCUT2D eigenvalue weighted by atomic mass is 9.99. The van der Waals surface area contributed by atoms with E-state index in [1.807, 2.05) is 18.2 Å². The summed E-state index contributed by atoms with van der Waals surface area (Å²) >= 11 is 5.78. The summed E-state index contributed by atoms with van der Waals surface area (Å²) in [4.78, 5) is 14.4. The number of rotatable bonds is 4. The van der Waals surface area contributed by atoms with Crippen molar-refractivity contribution < 1.29 is 13.2 Å². The van der Waals surface area contributed by atoms with Gasteiger partial charge in [-0.1, -0.05) is 35.9 Å². The van der Waals surface area contributed by atoms with Crippen LogP contribution in [0.15, 0.2) is 53.4 Å². The van der Waals surface area contributed by atoms with Gasteiger partial charge in [-0.15, -0.1) is 0 Å². The average Bonchev–Trinajstić information content (AvgIpc) is 2.60. The number of nitrogens with zero attached hydrogens (tertiary/aromatic N) is 1. The second-order valence-corrected chi connectivity index (χ2v) is 8.23. The first-order chi connectivity index (χ1) is 11.9. The molecule has 0 saturated carbocycles. The summed E-state index contributed by atoms with van der Waals surface area (Å²) in [6.45, 7) is 2.65. The largest absolute Gasteiger partial charge is 0.337 e. The van der Waals surface area contributed by atoms with E-state index in [9.17, 15) is 13.2 Å². The molecule has 1 atom stereocenters. The molecule has 0 bridgehead atoms. The Hall–Kier alpha value is -1.89. The topological polar surface area (TPSA) is 66.5 Å². The lowest BCUT2D eigenvalue weighted by molar-refractivity contribution is -0.133. The van der Waals surface area contributed by atoms with E-state index in [2.05, 4.69) is 10.8 Å². The number of fused-ring (bicyclic) bond motifs is 1. The van der Waals surface area contributed by atoms with E-state index < -0.39 is 16.1 Å². The van der Waals surface area contributed by atoms with Crippen LogP contribution in [0.5, 0.6) is 0 Å². The van der Waals surface area contributed by atoms with Crippen LogP contribution in [0.3, 0.4) is 0 Å². The van der Waals surface area contributed by atoms with Gasteiger partial charge in [-0.3, -0.25) is 4.79 Å². The van der Waals surface area contributed by atoms with Gasteiger partial charge in [0.1, 0.15) is 0 Å². The van der Waals surface area contributed by atoms with Gasteiger partial charge in [-0.2, -0.15) is 4.72 Å². The van der Waals surface area contributed by atoms with Gasteiger partial charge in [0.05, 0.1) is 10.9 Å². The summed E-state index contributed by atoms with van der Waals surface area (Å²) in [6, 6.07) is 13.0. The number of carbonyl (C=O) groups is 1. The molecule has 0 saturated heterocycles. The molecule has 0 unspecified atom stereocenters. The SMILES string of the molecule is C[C@H](NS(=O)(=O)c1ccc(Cl)cc1)C(=O)N1CCc2ccccc2C1. The van der Waals surface area contributed by atoms with Crippen molar-refractivity contribution in [3.63, 3.8) is 0 Å². The Balaban J connectivity index is 1.70. The third-order valence-corrected chi connectivity index (χ3v) is 6.08. The Morgan fingerprint density at radius 2 is 1.76 bits per heavy atom. The highest BCUT2D eigenvalue weighted by atomic mass is 35.5. The summed E-state index contributed by atoms with van der Waals surface area (Å²) < 4.78 is 27.3. The average molecular weight is 379 g/mol. The molecule has 0 aromatic heterocycles. The van der Waals surface area contributed by atoms with E-state index in [0.29, 0.717) is 18.1 Å². The first-order valence-electron chi connectivity index (χ1n) is 8.00. The highest BCUT2D eigenvalue weighted by molar-refractivity contribution is 7.89. The van der Waals surface area contributed by atoms with Gasteiger partial charge in [0.2, 0.25) is 15.9 Å². The molecule has 0 aliphatic carbocycles. The first-order valence-corrected chi connectivity index (χ1v) is 9.86. The Morgan fingerprint density at radius 3 is 2.44 bits per heavy atom. The minimum atomic E-state index is -3.78. The van der Waals surface area contributed by atoms with Crippen LogP contribution in [0, 0.1) is 0 Å². The van der Waals surface area contributed by atoms with E-state index in [-0.39, 0.29) is 10.8 Å². The zero-order chi connectivity index (χ0) is 18.0. The molecule has 2 aromatic carbocycles. The quantitative estimate of drug-likeness (QED) is 0.889. The third-order valence-electron chi connectivity index (χ3n) is 4.27. The summed E-state index contributed by atoms with van der Waals surface area (Å²) in [5.41, 5.74) is 2.34. The number of hydrogen-bond donors (Lipinski definition) is 1. The van der Waals surface area contributed by atoms with Crippen LogP contribution < -0.4 is 4.72 Å². The Morgan fingerprint density at radius 1 is 1.12 bits per heavy atom. The summed E-state index contributed by atoms with van der Waals surface area (Å²) in [5, 5.41) is 0.454. The predicted octanol–water partition coefficient (Wildman–Crippen LogP) is 2.59. The number of halogens is 1. The maximum atomic E-state index is 12.6. The van der Waals surface area contributed by atoms with Crippen molar-refractivity contribution in [2.75, 3.05) is 6.54 Å². The van der Waals surface area contributed by atoms with Crippen LogP contribution >= 0.6 is 11.6 Å². The normalized spacial score (nSPS) is 15.5. The van der Waals surface area contributed by atoms with Crippen molar-refractivity contribution >= 4 is 27.5 Å². The second kappa shape index (κ2) is 7.15. The molecule has 0 radical (unpaired) electrons. The summed E-state index contributed by atoms with van der Waals surface area (Å²) in [7, 11) is -3.78. The van der Waals surface area contributed by atoms with Crippen LogP contribution in [0.1, 0.15) is 18.1 Å². The highest BCUT2D eigenvalue weighted by Gasteiger charge is 2.28. The van der Waals surface area contributed by atoms with Crippen molar-refractivity contribution in [3.8, 4) is 0 Å². The van der Waals surface area contributed by atoms with Gasteiger partial charge in [0.25, 0.3) is 0 Å². The summed E-state index contributed by atoms with van der Waals surface area (Å²) in [5.74, 6) is -0.230. The molecule has 0 spiro atoms. The van der Waals surface area contributed by atoms with Gasteiger partial charge in [-0.05, 0) is 48.7 Å². The number of nitrogens with one attached hydrogen (secondary N) is 1. The van der Waals surface area contributed by atoms with Crippen LogP contribution in [0.25, 0.3) is 0 Å². The van der Waals surface area contributed by atoms with Gasteiger partial charge < -0.3 is 4.90 Å². The molecule has 1 aliphatic rings. The third kappa shape index (κ3) is 4.03. The van der Waals surface area contributed by atoms with E-state index in [1.54, 1.807) is 11.8 Å². The van der Waals surface area contributed by atoms with Gasteiger partial charge >= 0.3 is 0 Å².